The number of carbonyl (C=O) groups is 1. The fourth-order valence-corrected chi connectivity index (χ4v) is 3.53. The molecule has 2 rings (SSSR count). The molecular weight excluding hydrogens is 318 g/mol. The van der Waals surface area contributed by atoms with Crippen molar-refractivity contribution in [2.24, 2.45) is 16.5 Å². The van der Waals surface area contributed by atoms with Crippen LogP contribution in [-0.4, -0.2) is 39.6 Å². The molecule has 0 saturated carbocycles. The van der Waals surface area contributed by atoms with Crippen LogP contribution in [0, 0.1) is 0 Å². The normalized spacial score (nSPS) is 15.3. The van der Waals surface area contributed by atoms with Crippen LogP contribution in [0.25, 0.3) is 0 Å². The Balaban J connectivity index is 2.58. The summed E-state index contributed by atoms with van der Waals surface area (Å²) in [6.45, 7) is 1.51. The molecule has 1 aliphatic heterocycles. The van der Waals surface area contributed by atoms with E-state index in [9.17, 15) is 13.2 Å². The van der Waals surface area contributed by atoms with Gasteiger partial charge < -0.3 is 22.1 Å². The predicted molar refractivity (Wildman–Crippen MR) is 90.2 cm³/mol. The van der Waals surface area contributed by atoms with Gasteiger partial charge in [0.1, 0.15) is 0 Å². The fraction of sp³-hybridized carbons (Fsp3) is 0.429. The van der Waals surface area contributed by atoms with E-state index in [1.807, 2.05) is 4.90 Å². The van der Waals surface area contributed by atoms with E-state index in [-0.39, 0.29) is 16.1 Å². The maximum atomic E-state index is 12.1. The zero-order valence-electron chi connectivity index (χ0n) is 12.9. The van der Waals surface area contributed by atoms with Crippen molar-refractivity contribution in [3.8, 4) is 0 Å². The van der Waals surface area contributed by atoms with Crippen LogP contribution in [0.15, 0.2) is 22.0 Å². The molecule has 0 radical (unpaired) electrons. The summed E-state index contributed by atoms with van der Waals surface area (Å²) in [5.74, 6) is -1.17. The van der Waals surface area contributed by atoms with Gasteiger partial charge in [-0.1, -0.05) is 0 Å². The minimum absolute atomic E-state index is 0.0282. The molecule has 0 aromatic heterocycles. The van der Waals surface area contributed by atoms with Crippen molar-refractivity contribution in [3.63, 3.8) is 0 Å². The molecule has 1 aromatic carbocycles. The van der Waals surface area contributed by atoms with E-state index in [0.717, 1.165) is 38.6 Å². The second-order valence-electron chi connectivity index (χ2n) is 5.57. The lowest BCUT2D eigenvalue weighted by Crippen LogP contribution is -2.31. The minimum Gasteiger partial charge on any atom is -0.398 e. The number of guanidine groups is 1. The van der Waals surface area contributed by atoms with Gasteiger partial charge in [-0.2, -0.15) is 4.99 Å². The van der Waals surface area contributed by atoms with Crippen LogP contribution >= 0.6 is 0 Å². The summed E-state index contributed by atoms with van der Waals surface area (Å²) in [7, 11) is -3.54. The molecule has 0 spiro atoms. The summed E-state index contributed by atoms with van der Waals surface area (Å²) >= 11 is 0. The van der Waals surface area contributed by atoms with Gasteiger partial charge in [-0.25, -0.2) is 8.42 Å². The smallest absolute Gasteiger partial charge is 0.282 e. The number of hydrogen-bond donors (Lipinski definition) is 3. The fourth-order valence-electron chi connectivity index (χ4n) is 2.63. The monoisotopic (exact) mass is 339 g/mol. The second-order valence-corrected chi connectivity index (χ2v) is 7.55. The molecule has 23 heavy (non-hydrogen) atoms. The number of hydrogen-bond acceptors (Lipinski definition) is 5. The summed E-state index contributed by atoms with van der Waals surface area (Å²) < 4.78 is 24.3. The standard InChI is InChI=1S/C14H21N5O3S/c1-23(21,22)12-7-9(13(20)18-14(16)17)10(15)8-11(12)19-5-3-2-4-6-19/h7-8H,2-6,15H2,1H3,(H4,16,17,18,20). The van der Waals surface area contributed by atoms with E-state index in [4.69, 9.17) is 17.2 Å². The molecule has 0 bridgehead atoms. The molecule has 1 aliphatic rings. The Morgan fingerprint density at radius 1 is 1.17 bits per heavy atom. The average molecular weight is 339 g/mol. The number of piperidine rings is 1. The highest BCUT2D eigenvalue weighted by atomic mass is 32.2. The average Bonchev–Trinajstić information content (AvgIpc) is 2.45. The van der Waals surface area contributed by atoms with Crippen molar-refractivity contribution in [1.82, 2.24) is 0 Å². The van der Waals surface area contributed by atoms with Gasteiger partial charge >= 0.3 is 0 Å². The lowest BCUT2D eigenvalue weighted by molar-refractivity contribution is 0.100. The molecule has 1 heterocycles. The number of anilines is 2. The van der Waals surface area contributed by atoms with Crippen LogP contribution in [0.2, 0.25) is 0 Å². The lowest BCUT2D eigenvalue weighted by Gasteiger charge is -2.30. The first-order chi connectivity index (χ1) is 10.7. The number of amides is 1. The van der Waals surface area contributed by atoms with Gasteiger partial charge in [-0.15, -0.1) is 0 Å². The quantitative estimate of drug-likeness (QED) is 0.401. The Morgan fingerprint density at radius 2 is 1.78 bits per heavy atom. The molecule has 9 heteroatoms. The van der Waals surface area contributed by atoms with Gasteiger partial charge in [0, 0.05) is 25.0 Å². The van der Waals surface area contributed by atoms with Gasteiger partial charge in [0.25, 0.3) is 5.91 Å². The van der Waals surface area contributed by atoms with Crippen molar-refractivity contribution < 1.29 is 13.2 Å². The van der Waals surface area contributed by atoms with Crippen LogP contribution in [0.3, 0.4) is 0 Å². The van der Waals surface area contributed by atoms with Crippen molar-refractivity contribution in [3.05, 3.63) is 17.7 Å². The van der Waals surface area contributed by atoms with Crippen LogP contribution in [0.5, 0.6) is 0 Å². The van der Waals surface area contributed by atoms with Crippen molar-refractivity contribution in [2.45, 2.75) is 24.2 Å². The third-order valence-corrected chi connectivity index (χ3v) is 4.81. The highest BCUT2D eigenvalue weighted by Crippen LogP contribution is 2.32. The highest BCUT2D eigenvalue weighted by molar-refractivity contribution is 7.90. The number of nitrogens with zero attached hydrogens (tertiary/aromatic N) is 2. The second kappa shape index (κ2) is 6.45. The van der Waals surface area contributed by atoms with Gasteiger partial charge in [0.2, 0.25) is 0 Å². The van der Waals surface area contributed by atoms with Crippen molar-refractivity contribution >= 4 is 33.1 Å². The van der Waals surface area contributed by atoms with Crippen LogP contribution in [0.4, 0.5) is 11.4 Å². The van der Waals surface area contributed by atoms with E-state index in [0.29, 0.717) is 5.69 Å². The molecule has 1 aromatic rings. The van der Waals surface area contributed by atoms with Crippen molar-refractivity contribution in [1.29, 1.82) is 0 Å². The molecule has 0 unspecified atom stereocenters. The van der Waals surface area contributed by atoms with E-state index in [2.05, 4.69) is 4.99 Å². The first-order valence-corrected chi connectivity index (χ1v) is 9.12. The maximum Gasteiger partial charge on any atom is 0.282 e. The van der Waals surface area contributed by atoms with Gasteiger partial charge in [-0.05, 0) is 31.4 Å². The topological polar surface area (TPSA) is 145 Å². The zero-order chi connectivity index (χ0) is 17.2. The Hall–Kier alpha value is -2.29. The lowest BCUT2D eigenvalue weighted by atomic mass is 10.1. The molecule has 1 amide bonds. The molecule has 8 nitrogen and oxygen atoms in total. The minimum atomic E-state index is -3.54. The van der Waals surface area contributed by atoms with E-state index in [1.165, 1.54) is 12.1 Å². The highest BCUT2D eigenvalue weighted by Gasteiger charge is 2.24. The maximum absolute atomic E-state index is 12.1. The van der Waals surface area contributed by atoms with Crippen LogP contribution in [0.1, 0.15) is 29.6 Å². The van der Waals surface area contributed by atoms with Crippen LogP contribution in [-0.2, 0) is 9.84 Å². The van der Waals surface area contributed by atoms with Gasteiger partial charge in [0.05, 0.1) is 16.1 Å². The first-order valence-electron chi connectivity index (χ1n) is 7.22. The summed E-state index contributed by atoms with van der Waals surface area (Å²) in [5, 5.41) is 0. The number of sulfone groups is 1. The molecular formula is C14H21N5O3S. The molecule has 0 aliphatic carbocycles. The summed E-state index contributed by atoms with van der Waals surface area (Å²) in [5.41, 5.74) is 16.9. The number of rotatable bonds is 3. The Labute approximate surface area is 135 Å². The van der Waals surface area contributed by atoms with Gasteiger partial charge in [-0.3, -0.25) is 4.79 Å². The summed E-state index contributed by atoms with van der Waals surface area (Å²) in [4.78, 5) is 17.5. The zero-order valence-corrected chi connectivity index (χ0v) is 13.8. The summed E-state index contributed by atoms with van der Waals surface area (Å²) in [6, 6.07) is 2.76. The molecule has 1 saturated heterocycles. The molecule has 126 valence electrons. The predicted octanol–water partition coefficient (Wildman–Crippen LogP) is 0.0762. The first kappa shape index (κ1) is 17.1. The molecule has 0 atom stereocenters. The van der Waals surface area contributed by atoms with E-state index < -0.39 is 21.7 Å². The van der Waals surface area contributed by atoms with E-state index in [1.54, 1.807) is 0 Å². The number of aliphatic imine (C=N–C) groups is 1. The Morgan fingerprint density at radius 3 is 2.30 bits per heavy atom. The Bertz CT molecular complexity index is 748. The number of nitrogens with two attached hydrogens (primary N) is 3. The Kier molecular flexibility index (Phi) is 4.79. The third-order valence-electron chi connectivity index (χ3n) is 3.69. The molecule has 6 N–H and O–H groups in total. The molecule has 1 fully saturated rings. The van der Waals surface area contributed by atoms with Gasteiger partial charge in [0.15, 0.2) is 15.8 Å². The van der Waals surface area contributed by atoms with E-state index >= 15 is 0 Å². The number of benzene rings is 1. The van der Waals surface area contributed by atoms with Crippen molar-refractivity contribution in [2.75, 3.05) is 30.0 Å². The SMILES string of the molecule is CS(=O)(=O)c1cc(C(=O)N=C(N)N)c(N)cc1N1CCCCC1. The number of carbonyl (C=O) groups excluding carboxylic acids is 1. The number of nitrogen functional groups attached to an aromatic ring is 1. The van der Waals surface area contributed by atoms with Crippen LogP contribution < -0.4 is 22.1 Å². The largest absolute Gasteiger partial charge is 0.398 e. The summed E-state index contributed by atoms with van der Waals surface area (Å²) in [6.07, 6.45) is 4.18. The third kappa shape index (κ3) is 3.92.